The maximum absolute atomic E-state index is 13.3. The summed E-state index contributed by atoms with van der Waals surface area (Å²) < 4.78 is 10.9. The lowest BCUT2D eigenvalue weighted by atomic mass is 9.71. The molecular weight excluding hydrogens is 354 g/mol. The second-order valence-corrected chi connectivity index (χ2v) is 6.94. The fraction of sp³-hybridized carbons (Fsp3) is 0.130. The number of para-hydroxylation sites is 1. The quantitative estimate of drug-likeness (QED) is 0.706. The third-order valence-corrected chi connectivity index (χ3v) is 5.41. The number of ether oxygens (including phenoxy) is 2. The molecule has 2 aliphatic heterocycles. The van der Waals surface area contributed by atoms with Gasteiger partial charge in [-0.05, 0) is 29.3 Å². The molecular formula is C23H17NO4. The van der Waals surface area contributed by atoms with E-state index in [4.69, 9.17) is 9.47 Å². The van der Waals surface area contributed by atoms with Gasteiger partial charge in [0.2, 0.25) is 12.7 Å². The number of benzene rings is 3. The summed E-state index contributed by atoms with van der Waals surface area (Å²) in [5.74, 6) is 0.920. The van der Waals surface area contributed by atoms with Crippen molar-refractivity contribution in [3.63, 3.8) is 0 Å². The van der Waals surface area contributed by atoms with Crippen LogP contribution in [0.15, 0.2) is 72.8 Å². The number of anilines is 1. The average molecular weight is 371 g/mol. The van der Waals surface area contributed by atoms with Crippen LogP contribution in [0.2, 0.25) is 0 Å². The summed E-state index contributed by atoms with van der Waals surface area (Å²) >= 11 is 0. The van der Waals surface area contributed by atoms with Crippen LogP contribution in [0.5, 0.6) is 11.5 Å². The molecule has 28 heavy (non-hydrogen) atoms. The summed E-state index contributed by atoms with van der Waals surface area (Å²) in [6.07, 6.45) is 0.0273. The van der Waals surface area contributed by atoms with Gasteiger partial charge in [-0.1, -0.05) is 54.6 Å². The number of amides is 1. The molecule has 0 saturated heterocycles. The van der Waals surface area contributed by atoms with E-state index in [2.05, 4.69) is 5.32 Å². The van der Waals surface area contributed by atoms with Gasteiger partial charge in [-0.25, -0.2) is 0 Å². The van der Waals surface area contributed by atoms with E-state index in [1.807, 2.05) is 54.6 Å². The van der Waals surface area contributed by atoms with Crippen molar-refractivity contribution in [2.45, 2.75) is 11.8 Å². The standard InChI is InChI=1S/C23H17NO4/c25-19(15-6-2-1-3-7-15)13-23(16-10-11-20-21(12-16)28-14-27-20)17-8-4-5-9-18(17)24-22(23)26/h1-12H,13-14H2,(H,24,26). The lowest BCUT2D eigenvalue weighted by Gasteiger charge is -2.28. The summed E-state index contributed by atoms with van der Waals surface area (Å²) in [4.78, 5) is 26.4. The highest BCUT2D eigenvalue weighted by molar-refractivity contribution is 6.12. The first-order valence-electron chi connectivity index (χ1n) is 9.08. The van der Waals surface area contributed by atoms with Crippen LogP contribution in [-0.4, -0.2) is 18.5 Å². The van der Waals surface area contributed by atoms with Gasteiger partial charge in [0, 0.05) is 17.7 Å². The van der Waals surface area contributed by atoms with E-state index in [0.29, 0.717) is 22.6 Å². The van der Waals surface area contributed by atoms with Gasteiger partial charge >= 0.3 is 0 Å². The molecule has 0 spiro atoms. The Hall–Kier alpha value is -3.60. The van der Waals surface area contributed by atoms with E-state index < -0.39 is 5.41 Å². The first-order chi connectivity index (χ1) is 13.7. The van der Waals surface area contributed by atoms with Gasteiger partial charge < -0.3 is 14.8 Å². The van der Waals surface area contributed by atoms with E-state index >= 15 is 0 Å². The van der Waals surface area contributed by atoms with E-state index in [-0.39, 0.29) is 24.9 Å². The van der Waals surface area contributed by atoms with Crippen molar-refractivity contribution in [1.82, 2.24) is 0 Å². The number of ketones is 1. The molecule has 138 valence electrons. The molecule has 0 aromatic heterocycles. The normalized spacial score (nSPS) is 19.2. The first kappa shape index (κ1) is 16.6. The minimum atomic E-state index is -1.12. The second-order valence-electron chi connectivity index (χ2n) is 6.94. The number of hydrogen-bond acceptors (Lipinski definition) is 4. The van der Waals surface area contributed by atoms with Crippen LogP contribution in [0.25, 0.3) is 0 Å². The minimum Gasteiger partial charge on any atom is -0.454 e. The Morgan fingerprint density at radius 3 is 2.54 bits per heavy atom. The van der Waals surface area contributed by atoms with E-state index in [0.717, 1.165) is 11.3 Å². The number of rotatable bonds is 4. The summed E-state index contributed by atoms with van der Waals surface area (Å²) in [5.41, 5.74) is 1.70. The largest absolute Gasteiger partial charge is 0.454 e. The zero-order chi connectivity index (χ0) is 19.1. The third kappa shape index (κ3) is 2.40. The van der Waals surface area contributed by atoms with Gasteiger partial charge in [0.25, 0.3) is 0 Å². The summed E-state index contributed by atoms with van der Waals surface area (Å²) in [6, 6.07) is 22.0. The van der Waals surface area contributed by atoms with Crippen molar-refractivity contribution >= 4 is 17.4 Å². The molecule has 0 fully saturated rings. The van der Waals surface area contributed by atoms with Crippen molar-refractivity contribution in [2.24, 2.45) is 0 Å². The number of fused-ring (bicyclic) bond motifs is 2. The van der Waals surface area contributed by atoms with Crippen LogP contribution in [0.1, 0.15) is 27.9 Å². The van der Waals surface area contributed by atoms with Crippen LogP contribution >= 0.6 is 0 Å². The molecule has 1 unspecified atom stereocenters. The Morgan fingerprint density at radius 1 is 0.929 bits per heavy atom. The maximum atomic E-state index is 13.3. The molecule has 0 saturated carbocycles. The summed E-state index contributed by atoms with van der Waals surface area (Å²) in [5, 5.41) is 2.95. The van der Waals surface area contributed by atoms with Gasteiger partial charge in [0.15, 0.2) is 17.3 Å². The number of nitrogens with one attached hydrogen (secondary N) is 1. The Morgan fingerprint density at radius 2 is 1.68 bits per heavy atom. The lowest BCUT2D eigenvalue weighted by Crippen LogP contribution is -2.38. The van der Waals surface area contributed by atoms with E-state index in [9.17, 15) is 9.59 Å². The highest BCUT2D eigenvalue weighted by Gasteiger charge is 2.50. The Labute approximate surface area is 161 Å². The van der Waals surface area contributed by atoms with Crippen LogP contribution in [0, 0.1) is 0 Å². The molecule has 5 nitrogen and oxygen atoms in total. The highest BCUT2D eigenvalue weighted by Crippen LogP contribution is 2.48. The molecule has 2 heterocycles. The van der Waals surface area contributed by atoms with Crippen molar-refractivity contribution in [1.29, 1.82) is 0 Å². The third-order valence-electron chi connectivity index (χ3n) is 5.41. The minimum absolute atomic E-state index is 0.0273. The number of hydrogen-bond donors (Lipinski definition) is 1. The van der Waals surface area contributed by atoms with Gasteiger partial charge in [0.1, 0.15) is 5.41 Å². The SMILES string of the molecule is O=C(CC1(c2ccc3c(c2)OCO3)C(=O)Nc2ccccc21)c1ccccc1. The molecule has 0 radical (unpaired) electrons. The number of carbonyl (C=O) groups is 2. The zero-order valence-electron chi connectivity index (χ0n) is 15.0. The number of Topliss-reactive ketones (excluding diaryl/α,β-unsaturated/α-hetero) is 1. The predicted octanol–water partition coefficient (Wildman–Crippen LogP) is 3.93. The highest BCUT2D eigenvalue weighted by atomic mass is 16.7. The molecule has 0 aliphatic carbocycles. The smallest absolute Gasteiger partial charge is 0.240 e. The first-order valence-corrected chi connectivity index (χ1v) is 9.08. The van der Waals surface area contributed by atoms with Gasteiger partial charge in [-0.2, -0.15) is 0 Å². The maximum Gasteiger partial charge on any atom is 0.240 e. The fourth-order valence-corrected chi connectivity index (χ4v) is 4.01. The molecule has 3 aromatic rings. The van der Waals surface area contributed by atoms with Crippen LogP contribution in [-0.2, 0) is 10.2 Å². The van der Waals surface area contributed by atoms with Crippen LogP contribution in [0.3, 0.4) is 0 Å². The zero-order valence-corrected chi connectivity index (χ0v) is 15.0. The topological polar surface area (TPSA) is 64.6 Å². The molecule has 5 heteroatoms. The van der Waals surface area contributed by atoms with Crippen LogP contribution in [0.4, 0.5) is 5.69 Å². The summed E-state index contributed by atoms with van der Waals surface area (Å²) in [6.45, 7) is 0.150. The molecule has 1 amide bonds. The predicted molar refractivity (Wildman–Crippen MR) is 104 cm³/mol. The fourth-order valence-electron chi connectivity index (χ4n) is 4.01. The van der Waals surface area contributed by atoms with Crippen LogP contribution < -0.4 is 14.8 Å². The van der Waals surface area contributed by atoms with E-state index in [1.165, 1.54) is 0 Å². The molecule has 5 rings (SSSR count). The lowest BCUT2D eigenvalue weighted by molar-refractivity contribution is -0.119. The molecule has 1 atom stereocenters. The van der Waals surface area contributed by atoms with Gasteiger partial charge in [0.05, 0.1) is 0 Å². The van der Waals surface area contributed by atoms with Crippen molar-refractivity contribution < 1.29 is 19.1 Å². The number of carbonyl (C=O) groups excluding carboxylic acids is 2. The van der Waals surface area contributed by atoms with Crippen molar-refractivity contribution in [3.05, 3.63) is 89.5 Å². The molecule has 1 N–H and O–H groups in total. The Kier molecular flexibility index (Phi) is 3.69. The van der Waals surface area contributed by atoms with E-state index in [1.54, 1.807) is 18.2 Å². The van der Waals surface area contributed by atoms with Gasteiger partial charge in [-0.3, -0.25) is 9.59 Å². The van der Waals surface area contributed by atoms with Crippen molar-refractivity contribution in [2.75, 3.05) is 12.1 Å². The monoisotopic (exact) mass is 371 g/mol. The Balaban J connectivity index is 1.67. The summed E-state index contributed by atoms with van der Waals surface area (Å²) in [7, 11) is 0. The molecule has 0 bridgehead atoms. The Bertz CT molecular complexity index is 1090. The van der Waals surface area contributed by atoms with Crippen molar-refractivity contribution in [3.8, 4) is 11.5 Å². The van der Waals surface area contributed by atoms with Gasteiger partial charge in [-0.15, -0.1) is 0 Å². The second kappa shape index (κ2) is 6.23. The molecule has 2 aliphatic rings. The average Bonchev–Trinajstić information content (AvgIpc) is 3.31. The molecule has 3 aromatic carbocycles.